The molecule has 2 rings (SSSR count). The maximum atomic E-state index is 9.33. The van der Waals surface area contributed by atoms with E-state index in [1.165, 1.54) is 11.1 Å². The van der Waals surface area contributed by atoms with Crippen LogP contribution in [0.2, 0.25) is 0 Å². The molecule has 0 amide bonds. The minimum absolute atomic E-state index is 0.328. The van der Waals surface area contributed by atoms with Gasteiger partial charge in [0.1, 0.15) is 5.75 Å². The summed E-state index contributed by atoms with van der Waals surface area (Å²) in [5, 5.41) is 9.33. The molecule has 0 atom stereocenters. The summed E-state index contributed by atoms with van der Waals surface area (Å²) in [6.07, 6.45) is 0. The summed E-state index contributed by atoms with van der Waals surface area (Å²) < 4.78 is 0. The zero-order chi connectivity index (χ0) is 11.4. The second-order valence-corrected chi connectivity index (χ2v) is 4.82. The fraction of sp³-hybridized carbons (Fsp3) is 0.143. The van der Waals surface area contributed by atoms with Gasteiger partial charge in [-0.2, -0.15) is 0 Å². The van der Waals surface area contributed by atoms with Gasteiger partial charge in [0.15, 0.2) is 0 Å². The molecule has 1 nitrogen and oxygen atoms in total. The minimum atomic E-state index is 0.328. The van der Waals surface area contributed by atoms with Gasteiger partial charge in [0.2, 0.25) is 0 Å². The van der Waals surface area contributed by atoms with Crippen LogP contribution in [0.15, 0.2) is 53.4 Å². The SMILES string of the molecule is Cc1ccc(CSc2cccc(O)c2)cc1. The monoisotopic (exact) mass is 230 g/mol. The summed E-state index contributed by atoms with van der Waals surface area (Å²) in [7, 11) is 0. The second kappa shape index (κ2) is 5.08. The average molecular weight is 230 g/mol. The Morgan fingerprint density at radius 1 is 1.06 bits per heavy atom. The Kier molecular flexibility index (Phi) is 3.52. The van der Waals surface area contributed by atoms with Crippen LogP contribution in [0.3, 0.4) is 0 Å². The van der Waals surface area contributed by atoms with Crippen molar-refractivity contribution in [3.63, 3.8) is 0 Å². The molecule has 82 valence electrons. The Balaban J connectivity index is 1.99. The summed E-state index contributed by atoms with van der Waals surface area (Å²) in [5.41, 5.74) is 2.59. The van der Waals surface area contributed by atoms with Crippen LogP contribution in [-0.2, 0) is 5.75 Å². The molecule has 0 bridgehead atoms. The lowest BCUT2D eigenvalue weighted by Crippen LogP contribution is -1.81. The number of aryl methyl sites for hydroxylation is 1. The van der Waals surface area contributed by atoms with Crippen molar-refractivity contribution in [3.05, 3.63) is 59.7 Å². The Morgan fingerprint density at radius 2 is 1.81 bits per heavy atom. The molecule has 0 heterocycles. The van der Waals surface area contributed by atoms with Crippen molar-refractivity contribution in [2.75, 3.05) is 0 Å². The standard InChI is InChI=1S/C14H14OS/c1-11-5-7-12(8-6-11)10-16-14-4-2-3-13(15)9-14/h2-9,15H,10H2,1H3. The lowest BCUT2D eigenvalue weighted by molar-refractivity contribution is 0.474. The molecule has 0 aliphatic rings. The molecule has 1 N–H and O–H groups in total. The zero-order valence-corrected chi connectivity index (χ0v) is 10.00. The van der Waals surface area contributed by atoms with E-state index in [-0.39, 0.29) is 0 Å². The van der Waals surface area contributed by atoms with Gasteiger partial charge >= 0.3 is 0 Å². The predicted octanol–water partition coefficient (Wildman–Crippen LogP) is 3.99. The van der Waals surface area contributed by atoms with Crippen molar-refractivity contribution in [1.29, 1.82) is 0 Å². The van der Waals surface area contributed by atoms with Gasteiger partial charge in [-0.15, -0.1) is 11.8 Å². The third-order valence-electron chi connectivity index (χ3n) is 2.34. The zero-order valence-electron chi connectivity index (χ0n) is 9.18. The van der Waals surface area contributed by atoms with Crippen molar-refractivity contribution in [2.24, 2.45) is 0 Å². The van der Waals surface area contributed by atoms with Gasteiger partial charge in [-0.25, -0.2) is 0 Å². The van der Waals surface area contributed by atoms with Crippen LogP contribution in [0.5, 0.6) is 5.75 Å². The number of hydrogen-bond acceptors (Lipinski definition) is 2. The normalized spacial score (nSPS) is 10.3. The molecule has 2 heteroatoms. The Bertz CT molecular complexity index is 462. The van der Waals surface area contributed by atoms with Gasteiger partial charge in [-0.1, -0.05) is 35.9 Å². The van der Waals surface area contributed by atoms with Crippen molar-refractivity contribution >= 4 is 11.8 Å². The smallest absolute Gasteiger partial charge is 0.116 e. The van der Waals surface area contributed by atoms with Gasteiger partial charge in [0.25, 0.3) is 0 Å². The number of phenols is 1. The first kappa shape index (κ1) is 11.1. The largest absolute Gasteiger partial charge is 0.508 e. The summed E-state index contributed by atoms with van der Waals surface area (Å²) in [6.45, 7) is 2.09. The van der Waals surface area contributed by atoms with E-state index >= 15 is 0 Å². The lowest BCUT2D eigenvalue weighted by atomic mass is 10.2. The van der Waals surface area contributed by atoms with E-state index < -0.39 is 0 Å². The van der Waals surface area contributed by atoms with E-state index in [9.17, 15) is 5.11 Å². The Labute approximate surface area is 100 Å². The fourth-order valence-corrected chi connectivity index (χ4v) is 2.33. The van der Waals surface area contributed by atoms with Crippen LogP contribution in [0, 0.1) is 6.92 Å². The van der Waals surface area contributed by atoms with Crippen LogP contribution in [-0.4, -0.2) is 5.11 Å². The molecule has 2 aromatic carbocycles. The molecular formula is C14H14OS. The summed E-state index contributed by atoms with van der Waals surface area (Å²) >= 11 is 1.73. The number of thioether (sulfide) groups is 1. The second-order valence-electron chi connectivity index (χ2n) is 3.77. The quantitative estimate of drug-likeness (QED) is 0.804. The average Bonchev–Trinajstić information content (AvgIpc) is 2.28. The highest BCUT2D eigenvalue weighted by Crippen LogP contribution is 2.25. The fourth-order valence-electron chi connectivity index (χ4n) is 1.42. The van der Waals surface area contributed by atoms with Gasteiger partial charge in [0.05, 0.1) is 0 Å². The van der Waals surface area contributed by atoms with Crippen LogP contribution in [0.1, 0.15) is 11.1 Å². The van der Waals surface area contributed by atoms with Gasteiger partial charge in [0, 0.05) is 10.6 Å². The molecule has 0 aliphatic heterocycles. The van der Waals surface area contributed by atoms with E-state index in [2.05, 4.69) is 31.2 Å². The topological polar surface area (TPSA) is 20.2 Å². The van der Waals surface area contributed by atoms with Crippen LogP contribution >= 0.6 is 11.8 Å². The molecule has 0 aromatic heterocycles. The summed E-state index contributed by atoms with van der Waals surface area (Å²) in [4.78, 5) is 1.10. The molecule has 0 saturated heterocycles. The van der Waals surface area contributed by atoms with E-state index in [1.54, 1.807) is 23.9 Å². The number of phenolic OH excluding ortho intramolecular Hbond substituents is 1. The maximum Gasteiger partial charge on any atom is 0.116 e. The predicted molar refractivity (Wildman–Crippen MR) is 68.8 cm³/mol. The van der Waals surface area contributed by atoms with Crippen molar-refractivity contribution in [2.45, 2.75) is 17.6 Å². The van der Waals surface area contributed by atoms with E-state index in [0.717, 1.165) is 10.6 Å². The first-order valence-electron chi connectivity index (χ1n) is 5.21. The molecular weight excluding hydrogens is 216 g/mol. The van der Waals surface area contributed by atoms with E-state index in [4.69, 9.17) is 0 Å². The first-order chi connectivity index (χ1) is 7.74. The van der Waals surface area contributed by atoms with E-state index in [0.29, 0.717) is 5.75 Å². The maximum absolute atomic E-state index is 9.33. The van der Waals surface area contributed by atoms with Crippen LogP contribution in [0.4, 0.5) is 0 Å². The van der Waals surface area contributed by atoms with Gasteiger partial charge < -0.3 is 5.11 Å². The van der Waals surface area contributed by atoms with Crippen LogP contribution in [0.25, 0.3) is 0 Å². The number of aromatic hydroxyl groups is 1. The number of hydrogen-bond donors (Lipinski definition) is 1. The molecule has 0 aliphatic carbocycles. The van der Waals surface area contributed by atoms with Crippen molar-refractivity contribution in [1.82, 2.24) is 0 Å². The molecule has 0 spiro atoms. The van der Waals surface area contributed by atoms with Gasteiger partial charge in [-0.05, 0) is 30.7 Å². The molecule has 2 aromatic rings. The van der Waals surface area contributed by atoms with Crippen molar-refractivity contribution < 1.29 is 5.11 Å². The Hall–Kier alpha value is -1.41. The Morgan fingerprint density at radius 3 is 2.50 bits per heavy atom. The summed E-state index contributed by atoms with van der Waals surface area (Å²) in [5.74, 6) is 1.26. The van der Waals surface area contributed by atoms with Gasteiger partial charge in [-0.3, -0.25) is 0 Å². The molecule has 0 fully saturated rings. The van der Waals surface area contributed by atoms with E-state index in [1.807, 2.05) is 12.1 Å². The molecule has 16 heavy (non-hydrogen) atoms. The molecule has 0 unspecified atom stereocenters. The summed E-state index contributed by atoms with van der Waals surface area (Å²) in [6, 6.07) is 15.9. The van der Waals surface area contributed by atoms with Crippen LogP contribution < -0.4 is 0 Å². The highest BCUT2D eigenvalue weighted by Gasteiger charge is 1.97. The first-order valence-corrected chi connectivity index (χ1v) is 6.20. The molecule has 0 radical (unpaired) electrons. The molecule has 0 saturated carbocycles. The lowest BCUT2D eigenvalue weighted by Gasteiger charge is -2.03. The number of benzene rings is 2. The highest BCUT2D eigenvalue weighted by atomic mass is 32.2. The third-order valence-corrected chi connectivity index (χ3v) is 3.41. The number of rotatable bonds is 3. The van der Waals surface area contributed by atoms with Crippen molar-refractivity contribution in [3.8, 4) is 5.75 Å². The highest BCUT2D eigenvalue weighted by molar-refractivity contribution is 7.98. The third kappa shape index (κ3) is 3.04. The minimum Gasteiger partial charge on any atom is -0.508 e.